The van der Waals surface area contributed by atoms with Crippen LogP contribution in [0.25, 0.3) is 0 Å². The SMILES string of the molecule is CN=C(NCc1ccc(F)cc1)NCC(C(=O)N1CCOCC1)c1ccccc1. The summed E-state index contributed by atoms with van der Waals surface area (Å²) in [5, 5.41) is 6.46. The van der Waals surface area contributed by atoms with E-state index in [4.69, 9.17) is 4.74 Å². The summed E-state index contributed by atoms with van der Waals surface area (Å²) in [5.41, 5.74) is 1.91. The Balaban J connectivity index is 1.63. The van der Waals surface area contributed by atoms with Crippen molar-refractivity contribution in [2.45, 2.75) is 12.5 Å². The zero-order valence-electron chi connectivity index (χ0n) is 16.6. The lowest BCUT2D eigenvalue weighted by Crippen LogP contribution is -2.47. The van der Waals surface area contributed by atoms with E-state index in [-0.39, 0.29) is 17.6 Å². The molecule has 154 valence electrons. The van der Waals surface area contributed by atoms with E-state index < -0.39 is 0 Å². The van der Waals surface area contributed by atoms with E-state index >= 15 is 0 Å². The summed E-state index contributed by atoms with van der Waals surface area (Å²) in [4.78, 5) is 19.2. The van der Waals surface area contributed by atoms with Crippen LogP contribution in [0.1, 0.15) is 17.0 Å². The maximum absolute atomic E-state index is 13.1. The lowest BCUT2D eigenvalue weighted by molar-refractivity contribution is -0.136. The van der Waals surface area contributed by atoms with Gasteiger partial charge in [0.15, 0.2) is 5.96 Å². The van der Waals surface area contributed by atoms with Crippen LogP contribution >= 0.6 is 0 Å². The van der Waals surface area contributed by atoms with Gasteiger partial charge in [-0.2, -0.15) is 0 Å². The smallest absolute Gasteiger partial charge is 0.232 e. The van der Waals surface area contributed by atoms with Gasteiger partial charge in [-0.3, -0.25) is 9.79 Å². The molecule has 1 fully saturated rings. The van der Waals surface area contributed by atoms with E-state index in [0.29, 0.717) is 45.4 Å². The molecule has 29 heavy (non-hydrogen) atoms. The molecule has 0 aromatic heterocycles. The molecule has 0 radical (unpaired) electrons. The van der Waals surface area contributed by atoms with Crippen molar-refractivity contribution >= 4 is 11.9 Å². The molecule has 6 nitrogen and oxygen atoms in total. The lowest BCUT2D eigenvalue weighted by Gasteiger charge is -2.31. The molecule has 2 aromatic carbocycles. The van der Waals surface area contributed by atoms with E-state index in [2.05, 4.69) is 15.6 Å². The third kappa shape index (κ3) is 6.02. The topological polar surface area (TPSA) is 66.0 Å². The molecule has 0 aliphatic carbocycles. The van der Waals surface area contributed by atoms with Crippen molar-refractivity contribution in [3.05, 3.63) is 71.5 Å². The molecule has 0 bridgehead atoms. The van der Waals surface area contributed by atoms with Crippen molar-refractivity contribution in [2.24, 2.45) is 4.99 Å². The first-order valence-electron chi connectivity index (χ1n) is 9.78. The van der Waals surface area contributed by atoms with Crippen LogP contribution in [0.15, 0.2) is 59.6 Å². The third-order valence-electron chi connectivity index (χ3n) is 4.89. The average molecular weight is 398 g/mol. The minimum atomic E-state index is -0.321. The molecule has 1 aliphatic heterocycles. The van der Waals surface area contributed by atoms with Gasteiger partial charge >= 0.3 is 0 Å². The highest BCUT2D eigenvalue weighted by Gasteiger charge is 2.27. The first-order valence-corrected chi connectivity index (χ1v) is 9.78. The van der Waals surface area contributed by atoms with Gasteiger partial charge < -0.3 is 20.3 Å². The normalized spacial score (nSPS) is 15.7. The minimum absolute atomic E-state index is 0.0842. The number of hydrogen-bond acceptors (Lipinski definition) is 3. The summed E-state index contributed by atoms with van der Waals surface area (Å²) < 4.78 is 18.4. The van der Waals surface area contributed by atoms with Crippen LogP contribution in [0.4, 0.5) is 4.39 Å². The van der Waals surface area contributed by atoms with Gasteiger partial charge in [0.25, 0.3) is 0 Å². The quantitative estimate of drug-likeness (QED) is 0.578. The Bertz CT molecular complexity index is 805. The Morgan fingerprint density at radius 3 is 2.45 bits per heavy atom. The number of nitrogens with one attached hydrogen (secondary N) is 2. The van der Waals surface area contributed by atoms with Crippen LogP contribution in [0.3, 0.4) is 0 Å². The van der Waals surface area contributed by atoms with E-state index in [1.165, 1.54) is 12.1 Å². The number of ether oxygens (including phenoxy) is 1. The fourth-order valence-electron chi connectivity index (χ4n) is 3.24. The number of guanidine groups is 1. The number of morpholine rings is 1. The summed E-state index contributed by atoms with van der Waals surface area (Å²) >= 11 is 0. The van der Waals surface area contributed by atoms with Crippen molar-refractivity contribution in [3.63, 3.8) is 0 Å². The van der Waals surface area contributed by atoms with Gasteiger partial charge in [-0.15, -0.1) is 0 Å². The Labute approximate surface area is 170 Å². The summed E-state index contributed by atoms with van der Waals surface area (Å²) in [6, 6.07) is 16.1. The first-order chi connectivity index (χ1) is 14.2. The molecule has 1 heterocycles. The zero-order valence-corrected chi connectivity index (χ0v) is 16.6. The molecular weight excluding hydrogens is 371 g/mol. The van der Waals surface area contributed by atoms with Crippen LogP contribution in [-0.4, -0.2) is 56.7 Å². The highest BCUT2D eigenvalue weighted by atomic mass is 19.1. The molecule has 7 heteroatoms. The fraction of sp³-hybridized carbons (Fsp3) is 0.364. The van der Waals surface area contributed by atoms with Crippen molar-refractivity contribution < 1.29 is 13.9 Å². The number of nitrogens with zero attached hydrogens (tertiary/aromatic N) is 2. The molecule has 1 atom stereocenters. The Hall–Kier alpha value is -2.93. The van der Waals surface area contributed by atoms with Gasteiger partial charge in [-0.25, -0.2) is 4.39 Å². The number of aliphatic imine (C=N–C) groups is 1. The standard InChI is InChI=1S/C22H27FN4O2/c1-24-22(25-15-17-7-9-19(23)10-8-17)26-16-20(18-5-3-2-4-6-18)21(28)27-11-13-29-14-12-27/h2-10,20H,11-16H2,1H3,(H2,24,25,26). The van der Waals surface area contributed by atoms with Crippen LogP contribution in [0.2, 0.25) is 0 Å². The number of benzene rings is 2. The van der Waals surface area contributed by atoms with Crippen LogP contribution in [0, 0.1) is 5.82 Å². The molecular formula is C22H27FN4O2. The molecule has 0 spiro atoms. The molecule has 1 saturated heterocycles. The number of halogens is 1. The summed E-state index contributed by atoms with van der Waals surface area (Å²) in [6.45, 7) is 3.29. The maximum Gasteiger partial charge on any atom is 0.232 e. The summed E-state index contributed by atoms with van der Waals surface area (Å²) in [6.07, 6.45) is 0. The largest absolute Gasteiger partial charge is 0.378 e. The van der Waals surface area contributed by atoms with Crippen LogP contribution in [-0.2, 0) is 16.1 Å². The van der Waals surface area contributed by atoms with Gasteiger partial charge in [0.2, 0.25) is 5.91 Å². The lowest BCUT2D eigenvalue weighted by atomic mass is 9.97. The molecule has 1 unspecified atom stereocenters. The van der Waals surface area contributed by atoms with Crippen molar-refractivity contribution in [2.75, 3.05) is 39.9 Å². The summed E-state index contributed by atoms with van der Waals surface area (Å²) in [7, 11) is 1.68. The second-order valence-electron chi connectivity index (χ2n) is 6.83. The minimum Gasteiger partial charge on any atom is -0.378 e. The fourth-order valence-corrected chi connectivity index (χ4v) is 3.24. The van der Waals surface area contributed by atoms with Gasteiger partial charge in [-0.1, -0.05) is 42.5 Å². The van der Waals surface area contributed by atoms with Gasteiger partial charge in [0.05, 0.1) is 19.1 Å². The molecule has 2 N–H and O–H groups in total. The molecule has 3 rings (SSSR count). The monoisotopic (exact) mass is 398 g/mol. The highest BCUT2D eigenvalue weighted by molar-refractivity contribution is 5.86. The Kier molecular flexibility index (Phi) is 7.58. The predicted octanol–water partition coefficient (Wildman–Crippen LogP) is 2.13. The Morgan fingerprint density at radius 1 is 1.10 bits per heavy atom. The zero-order chi connectivity index (χ0) is 20.5. The van der Waals surface area contributed by atoms with E-state index in [9.17, 15) is 9.18 Å². The maximum atomic E-state index is 13.1. The van der Waals surface area contributed by atoms with Crippen LogP contribution in [0.5, 0.6) is 0 Å². The molecule has 1 aliphatic rings. The van der Waals surface area contributed by atoms with E-state index in [1.807, 2.05) is 35.2 Å². The predicted molar refractivity (Wildman–Crippen MR) is 111 cm³/mol. The third-order valence-corrected chi connectivity index (χ3v) is 4.89. The van der Waals surface area contributed by atoms with Gasteiger partial charge in [-0.05, 0) is 23.3 Å². The second-order valence-corrected chi connectivity index (χ2v) is 6.83. The van der Waals surface area contributed by atoms with Gasteiger partial charge in [0.1, 0.15) is 5.82 Å². The highest BCUT2D eigenvalue weighted by Crippen LogP contribution is 2.19. The van der Waals surface area contributed by atoms with Crippen molar-refractivity contribution in [1.82, 2.24) is 15.5 Å². The number of hydrogen-bond donors (Lipinski definition) is 2. The molecule has 0 saturated carbocycles. The number of amides is 1. The second kappa shape index (κ2) is 10.6. The summed E-state index contributed by atoms with van der Waals surface area (Å²) in [5.74, 6) is 0.0910. The van der Waals surface area contributed by atoms with E-state index in [0.717, 1.165) is 11.1 Å². The van der Waals surface area contributed by atoms with Crippen molar-refractivity contribution in [1.29, 1.82) is 0 Å². The number of carbonyl (C=O) groups excluding carboxylic acids is 1. The number of rotatable bonds is 6. The van der Waals surface area contributed by atoms with E-state index in [1.54, 1.807) is 19.2 Å². The average Bonchev–Trinajstić information content (AvgIpc) is 2.78. The Morgan fingerprint density at radius 2 is 1.79 bits per heavy atom. The van der Waals surface area contributed by atoms with Crippen LogP contribution < -0.4 is 10.6 Å². The molecule has 1 amide bonds. The van der Waals surface area contributed by atoms with Gasteiger partial charge in [0, 0.05) is 33.2 Å². The molecule has 2 aromatic rings. The van der Waals surface area contributed by atoms with Crippen molar-refractivity contribution in [3.8, 4) is 0 Å². The number of carbonyl (C=O) groups is 1. The first kappa shape index (κ1) is 20.8.